The first-order valence-electron chi connectivity index (χ1n) is 7.90. The van der Waals surface area contributed by atoms with E-state index in [1.165, 1.54) is 26.1 Å². The van der Waals surface area contributed by atoms with Crippen LogP contribution in [0.25, 0.3) is 11.4 Å². The van der Waals surface area contributed by atoms with Crippen molar-refractivity contribution in [2.24, 2.45) is 0 Å². The highest BCUT2D eigenvalue weighted by atomic mass is 32.2. The summed E-state index contributed by atoms with van der Waals surface area (Å²) in [7, 11) is -2.39. The third-order valence-electron chi connectivity index (χ3n) is 4.05. The Morgan fingerprint density at radius 1 is 1.12 bits per heavy atom. The average molecular weight is 375 g/mol. The van der Waals surface area contributed by atoms with Crippen molar-refractivity contribution < 1.29 is 17.3 Å². The first-order chi connectivity index (χ1) is 12.3. The lowest BCUT2D eigenvalue weighted by atomic mass is 10.1. The molecule has 2 aromatic carbocycles. The van der Waals surface area contributed by atoms with Gasteiger partial charge in [-0.2, -0.15) is 9.29 Å². The van der Waals surface area contributed by atoms with Crippen LogP contribution < -0.4 is 0 Å². The summed E-state index contributed by atoms with van der Waals surface area (Å²) in [5.41, 5.74) is 2.07. The summed E-state index contributed by atoms with van der Waals surface area (Å²) in [6.07, 6.45) is 0. The van der Waals surface area contributed by atoms with E-state index in [9.17, 15) is 12.8 Å². The van der Waals surface area contributed by atoms with E-state index in [4.69, 9.17) is 4.52 Å². The molecule has 26 heavy (non-hydrogen) atoms. The molecular formula is C18H18FN3O3S. The fourth-order valence-electron chi connectivity index (χ4n) is 2.49. The molecule has 0 bridgehead atoms. The summed E-state index contributed by atoms with van der Waals surface area (Å²) in [5, 5.41) is 3.92. The number of sulfonamides is 1. The number of benzene rings is 2. The van der Waals surface area contributed by atoms with Gasteiger partial charge >= 0.3 is 0 Å². The van der Waals surface area contributed by atoms with Crippen molar-refractivity contribution in [3.05, 3.63) is 65.3 Å². The number of hydrogen-bond donors (Lipinski definition) is 0. The standard InChI is InChI=1S/C18H18FN3O3S/c1-12-6-4-5-7-15(12)18-20-17(25-21-18)11-22(3)26(23,24)14-8-9-16(19)13(2)10-14/h4-10H,11H2,1-3H3. The largest absolute Gasteiger partial charge is 0.338 e. The van der Waals surface area contributed by atoms with Gasteiger partial charge in [0.2, 0.25) is 21.7 Å². The van der Waals surface area contributed by atoms with Crippen LogP contribution >= 0.6 is 0 Å². The number of aryl methyl sites for hydroxylation is 2. The molecule has 0 aliphatic heterocycles. The normalized spacial score (nSPS) is 11.9. The van der Waals surface area contributed by atoms with Crippen molar-refractivity contribution in [3.63, 3.8) is 0 Å². The lowest BCUT2D eigenvalue weighted by Crippen LogP contribution is -2.26. The number of rotatable bonds is 5. The van der Waals surface area contributed by atoms with E-state index in [2.05, 4.69) is 10.1 Å². The predicted octanol–water partition coefficient (Wildman–Crippen LogP) is 3.31. The van der Waals surface area contributed by atoms with Gasteiger partial charge in [-0.25, -0.2) is 12.8 Å². The number of aromatic nitrogens is 2. The molecule has 0 atom stereocenters. The van der Waals surface area contributed by atoms with Crippen LogP contribution in [0, 0.1) is 19.7 Å². The Morgan fingerprint density at radius 2 is 1.85 bits per heavy atom. The Kier molecular flexibility index (Phi) is 4.88. The molecule has 0 aliphatic carbocycles. The van der Waals surface area contributed by atoms with Gasteiger partial charge in [0.05, 0.1) is 11.4 Å². The van der Waals surface area contributed by atoms with E-state index in [0.717, 1.165) is 21.5 Å². The van der Waals surface area contributed by atoms with Crippen molar-refractivity contribution in [2.75, 3.05) is 7.05 Å². The maximum Gasteiger partial charge on any atom is 0.243 e. The summed E-state index contributed by atoms with van der Waals surface area (Å²) in [5.74, 6) is 0.126. The van der Waals surface area contributed by atoms with Crippen LogP contribution in [0.2, 0.25) is 0 Å². The molecule has 0 N–H and O–H groups in total. The molecule has 0 fully saturated rings. The molecule has 8 heteroatoms. The first-order valence-corrected chi connectivity index (χ1v) is 9.34. The number of nitrogens with zero attached hydrogens (tertiary/aromatic N) is 3. The number of hydrogen-bond acceptors (Lipinski definition) is 5. The minimum Gasteiger partial charge on any atom is -0.338 e. The van der Waals surface area contributed by atoms with Crippen LogP contribution in [-0.4, -0.2) is 29.9 Å². The van der Waals surface area contributed by atoms with Crippen LogP contribution in [0.3, 0.4) is 0 Å². The molecule has 3 rings (SSSR count). The van der Waals surface area contributed by atoms with Crippen molar-refractivity contribution >= 4 is 10.0 Å². The van der Waals surface area contributed by atoms with Crippen LogP contribution in [-0.2, 0) is 16.6 Å². The van der Waals surface area contributed by atoms with E-state index < -0.39 is 15.8 Å². The zero-order chi connectivity index (χ0) is 18.9. The lowest BCUT2D eigenvalue weighted by Gasteiger charge is -2.15. The molecule has 0 saturated heterocycles. The van der Waals surface area contributed by atoms with Gasteiger partial charge in [0.25, 0.3) is 0 Å². The molecule has 0 radical (unpaired) electrons. The fraction of sp³-hybridized carbons (Fsp3) is 0.222. The van der Waals surface area contributed by atoms with Crippen molar-refractivity contribution in [1.29, 1.82) is 0 Å². The van der Waals surface area contributed by atoms with Gasteiger partial charge in [-0.3, -0.25) is 0 Å². The van der Waals surface area contributed by atoms with Crippen LogP contribution in [0.1, 0.15) is 17.0 Å². The topological polar surface area (TPSA) is 76.3 Å². The van der Waals surface area contributed by atoms with Crippen LogP contribution in [0.15, 0.2) is 51.9 Å². The predicted molar refractivity (Wildman–Crippen MR) is 94.3 cm³/mol. The second-order valence-corrected chi connectivity index (χ2v) is 8.04. The maximum atomic E-state index is 13.4. The minimum absolute atomic E-state index is 0.0116. The summed E-state index contributed by atoms with van der Waals surface area (Å²) >= 11 is 0. The smallest absolute Gasteiger partial charge is 0.243 e. The van der Waals surface area contributed by atoms with E-state index in [1.54, 1.807) is 0 Å². The fourth-order valence-corrected chi connectivity index (χ4v) is 3.69. The molecule has 6 nitrogen and oxygen atoms in total. The molecule has 1 aromatic heterocycles. The zero-order valence-corrected chi connectivity index (χ0v) is 15.4. The van der Waals surface area contributed by atoms with E-state index >= 15 is 0 Å². The van der Waals surface area contributed by atoms with Gasteiger partial charge in [-0.15, -0.1) is 0 Å². The first kappa shape index (κ1) is 18.2. The summed E-state index contributed by atoms with van der Waals surface area (Å²) in [4.78, 5) is 4.29. The van der Waals surface area contributed by atoms with E-state index in [1.807, 2.05) is 31.2 Å². The quantitative estimate of drug-likeness (QED) is 0.684. The van der Waals surface area contributed by atoms with Crippen LogP contribution in [0.4, 0.5) is 4.39 Å². The molecule has 0 amide bonds. The average Bonchev–Trinajstić information content (AvgIpc) is 3.05. The van der Waals surface area contributed by atoms with Crippen LogP contribution in [0.5, 0.6) is 0 Å². The molecule has 136 valence electrons. The monoisotopic (exact) mass is 375 g/mol. The zero-order valence-electron chi connectivity index (χ0n) is 14.6. The molecule has 0 saturated carbocycles. The molecule has 0 unspecified atom stereocenters. The molecule has 0 aliphatic rings. The SMILES string of the molecule is Cc1cc(S(=O)(=O)N(C)Cc2nc(-c3ccccc3C)no2)ccc1F. The van der Waals surface area contributed by atoms with Gasteiger partial charge < -0.3 is 4.52 Å². The second kappa shape index (κ2) is 6.97. The molecule has 3 aromatic rings. The summed E-state index contributed by atoms with van der Waals surface area (Å²) in [6.45, 7) is 3.36. The minimum atomic E-state index is -3.80. The van der Waals surface area contributed by atoms with Gasteiger partial charge in [0, 0.05) is 12.6 Å². The third kappa shape index (κ3) is 3.51. The molecule has 1 heterocycles. The Bertz CT molecular complexity index is 1050. The van der Waals surface area contributed by atoms with Gasteiger partial charge in [-0.1, -0.05) is 29.4 Å². The summed E-state index contributed by atoms with van der Waals surface area (Å²) < 4.78 is 45.0. The highest BCUT2D eigenvalue weighted by molar-refractivity contribution is 7.89. The lowest BCUT2D eigenvalue weighted by molar-refractivity contribution is 0.336. The van der Waals surface area contributed by atoms with Gasteiger partial charge in [0.15, 0.2) is 0 Å². The Labute approximate surface area is 151 Å². The Morgan fingerprint density at radius 3 is 2.54 bits per heavy atom. The highest BCUT2D eigenvalue weighted by Crippen LogP contribution is 2.22. The van der Waals surface area contributed by atoms with Gasteiger partial charge in [0.1, 0.15) is 5.82 Å². The highest BCUT2D eigenvalue weighted by Gasteiger charge is 2.24. The van der Waals surface area contributed by atoms with Crippen molar-refractivity contribution in [3.8, 4) is 11.4 Å². The van der Waals surface area contributed by atoms with Crippen molar-refractivity contribution in [1.82, 2.24) is 14.4 Å². The second-order valence-electron chi connectivity index (χ2n) is 6.00. The molecule has 0 spiro atoms. The third-order valence-corrected chi connectivity index (χ3v) is 5.85. The Balaban J connectivity index is 1.83. The van der Waals surface area contributed by atoms with Gasteiger partial charge in [-0.05, 0) is 43.2 Å². The Hall–Kier alpha value is -2.58. The van der Waals surface area contributed by atoms with Crippen molar-refractivity contribution in [2.45, 2.75) is 25.3 Å². The molecular weight excluding hydrogens is 357 g/mol. The number of halogens is 1. The van der Waals surface area contributed by atoms with E-state index in [-0.39, 0.29) is 22.9 Å². The maximum absolute atomic E-state index is 13.4. The summed E-state index contributed by atoms with van der Waals surface area (Å²) in [6, 6.07) is 11.2. The van der Waals surface area contributed by atoms with E-state index in [0.29, 0.717) is 5.82 Å².